The van der Waals surface area contributed by atoms with E-state index in [9.17, 15) is 18.0 Å². The minimum atomic E-state index is -3.84. The number of carboxylic acid groups (broad SMARTS) is 1. The van der Waals surface area contributed by atoms with Crippen molar-refractivity contribution in [1.29, 1.82) is 0 Å². The Balaban J connectivity index is 3.03. The Kier molecular flexibility index (Phi) is 5.26. The van der Waals surface area contributed by atoms with Crippen LogP contribution in [0, 0.1) is 0 Å². The van der Waals surface area contributed by atoms with Gasteiger partial charge in [0.15, 0.2) is 9.84 Å². The Hall–Kier alpha value is -1.89. The van der Waals surface area contributed by atoms with Crippen molar-refractivity contribution in [1.82, 2.24) is 4.90 Å². The Bertz CT molecular complexity index is 605. The van der Waals surface area contributed by atoms with Gasteiger partial charge in [0, 0.05) is 13.1 Å². The van der Waals surface area contributed by atoms with Crippen molar-refractivity contribution in [3.63, 3.8) is 0 Å². The van der Waals surface area contributed by atoms with Crippen molar-refractivity contribution < 1.29 is 23.1 Å². The summed E-state index contributed by atoms with van der Waals surface area (Å²) in [5.41, 5.74) is -0.124. The quantitative estimate of drug-likeness (QED) is 0.847. The second-order valence-corrected chi connectivity index (χ2v) is 6.15. The Morgan fingerprint density at radius 3 is 2.30 bits per heavy atom. The lowest BCUT2D eigenvalue weighted by atomic mass is 10.2. The number of aromatic carboxylic acids is 1. The van der Waals surface area contributed by atoms with E-state index in [2.05, 4.69) is 0 Å². The van der Waals surface area contributed by atoms with Gasteiger partial charge in [0.05, 0.1) is 10.5 Å². The normalized spacial score (nSPS) is 11.1. The molecule has 0 saturated heterocycles. The number of benzene rings is 1. The molecule has 0 aliphatic heterocycles. The number of rotatable bonds is 6. The van der Waals surface area contributed by atoms with Crippen LogP contribution < -0.4 is 0 Å². The molecule has 0 aliphatic rings. The van der Waals surface area contributed by atoms with Crippen molar-refractivity contribution in [2.24, 2.45) is 0 Å². The molecule has 1 aromatic carbocycles. The molecule has 0 heterocycles. The van der Waals surface area contributed by atoms with Crippen LogP contribution in [0.3, 0.4) is 0 Å². The second kappa shape index (κ2) is 6.51. The van der Waals surface area contributed by atoms with E-state index in [1.54, 1.807) is 13.8 Å². The van der Waals surface area contributed by atoms with Gasteiger partial charge >= 0.3 is 5.97 Å². The van der Waals surface area contributed by atoms with E-state index in [0.717, 1.165) is 6.07 Å². The van der Waals surface area contributed by atoms with Gasteiger partial charge in [0.1, 0.15) is 5.75 Å². The van der Waals surface area contributed by atoms with Gasteiger partial charge in [0.2, 0.25) is 5.91 Å². The van der Waals surface area contributed by atoms with Crippen LogP contribution in [-0.2, 0) is 14.6 Å². The molecule has 1 amide bonds. The lowest BCUT2D eigenvalue weighted by molar-refractivity contribution is -0.128. The summed E-state index contributed by atoms with van der Waals surface area (Å²) in [7, 11) is -3.84. The highest BCUT2D eigenvalue weighted by Crippen LogP contribution is 2.14. The highest BCUT2D eigenvalue weighted by atomic mass is 32.2. The first-order valence-corrected chi connectivity index (χ1v) is 7.81. The molecule has 0 fully saturated rings. The molecular formula is C13H17NO5S. The summed E-state index contributed by atoms with van der Waals surface area (Å²) < 4.78 is 24.2. The molecule has 1 N–H and O–H groups in total. The highest BCUT2D eigenvalue weighted by molar-refractivity contribution is 7.92. The van der Waals surface area contributed by atoms with Gasteiger partial charge in [0.25, 0.3) is 0 Å². The number of sulfone groups is 1. The molecule has 1 rings (SSSR count). The summed E-state index contributed by atoms with van der Waals surface area (Å²) in [5.74, 6) is -2.36. The van der Waals surface area contributed by atoms with Crippen LogP contribution in [0.2, 0.25) is 0 Å². The third-order valence-electron chi connectivity index (χ3n) is 2.87. The Morgan fingerprint density at radius 1 is 1.20 bits per heavy atom. The zero-order valence-corrected chi connectivity index (χ0v) is 12.2. The van der Waals surface area contributed by atoms with Crippen LogP contribution >= 0.6 is 0 Å². The zero-order chi connectivity index (χ0) is 15.3. The fourth-order valence-electron chi connectivity index (χ4n) is 1.74. The first kappa shape index (κ1) is 16.2. The molecule has 0 atom stereocenters. The van der Waals surface area contributed by atoms with Gasteiger partial charge in [-0.25, -0.2) is 13.2 Å². The molecule has 110 valence electrons. The number of carboxylic acids is 1. The fraction of sp³-hybridized carbons (Fsp3) is 0.385. The summed E-state index contributed by atoms with van der Waals surface area (Å²) in [6.07, 6.45) is 0. The minimum absolute atomic E-state index is 0.124. The lowest BCUT2D eigenvalue weighted by Crippen LogP contribution is -2.35. The average Bonchev–Trinajstić information content (AvgIpc) is 2.39. The number of hydrogen-bond donors (Lipinski definition) is 1. The van der Waals surface area contributed by atoms with Gasteiger partial charge < -0.3 is 10.0 Å². The number of carbonyl (C=O) groups excluding carboxylic acids is 1. The predicted octanol–water partition coefficient (Wildman–Crippen LogP) is 1.03. The van der Waals surface area contributed by atoms with E-state index >= 15 is 0 Å². The van der Waals surface area contributed by atoms with Crippen molar-refractivity contribution >= 4 is 21.7 Å². The lowest BCUT2D eigenvalue weighted by Gasteiger charge is -2.18. The first-order chi connectivity index (χ1) is 9.31. The van der Waals surface area contributed by atoms with Crippen molar-refractivity contribution in [2.75, 3.05) is 18.8 Å². The smallest absolute Gasteiger partial charge is 0.335 e. The summed E-state index contributed by atoms with van der Waals surface area (Å²) in [4.78, 5) is 23.9. The molecule has 0 aliphatic carbocycles. The van der Waals surface area contributed by atoms with Gasteiger partial charge in [-0.1, -0.05) is 6.07 Å². The zero-order valence-electron chi connectivity index (χ0n) is 11.4. The molecule has 20 heavy (non-hydrogen) atoms. The highest BCUT2D eigenvalue weighted by Gasteiger charge is 2.23. The number of hydrogen-bond acceptors (Lipinski definition) is 4. The standard InChI is InChI=1S/C13H17NO5S/c1-3-14(4-2)12(15)9-20(18,19)11-7-5-6-10(8-11)13(16)17/h5-8H,3-4,9H2,1-2H3,(H,16,17). The van der Waals surface area contributed by atoms with E-state index < -0.39 is 27.5 Å². The fourth-order valence-corrected chi connectivity index (χ4v) is 3.00. The van der Waals surface area contributed by atoms with Crippen LogP contribution in [0.1, 0.15) is 24.2 Å². The molecule has 0 spiro atoms. The van der Waals surface area contributed by atoms with E-state index in [-0.39, 0.29) is 10.5 Å². The summed E-state index contributed by atoms with van der Waals surface area (Å²) in [6.45, 7) is 4.39. The van der Waals surface area contributed by atoms with E-state index in [1.807, 2.05) is 0 Å². The predicted molar refractivity (Wildman–Crippen MR) is 73.4 cm³/mol. The van der Waals surface area contributed by atoms with Gasteiger partial charge in [-0.3, -0.25) is 4.79 Å². The number of amides is 1. The molecular weight excluding hydrogens is 282 g/mol. The van der Waals surface area contributed by atoms with Crippen molar-refractivity contribution in [3.05, 3.63) is 29.8 Å². The molecule has 1 aromatic rings. The molecule has 6 nitrogen and oxygen atoms in total. The maximum atomic E-state index is 12.1. The maximum absolute atomic E-state index is 12.1. The summed E-state index contributed by atoms with van der Waals surface area (Å²) in [6, 6.07) is 5.00. The van der Waals surface area contributed by atoms with Gasteiger partial charge in [-0.15, -0.1) is 0 Å². The topological polar surface area (TPSA) is 91.8 Å². The SMILES string of the molecule is CCN(CC)C(=O)CS(=O)(=O)c1cccc(C(=O)O)c1. The van der Waals surface area contributed by atoms with Crippen LogP contribution in [0.25, 0.3) is 0 Å². The second-order valence-electron chi connectivity index (χ2n) is 4.16. The number of carbonyl (C=O) groups is 2. The maximum Gasteiger partial charge on any atom is 0.335 e. The number of nitrogens with zero attached hydrogens (tertiary/aromatic N) is 1. The van der Waals surface area contributed by atoms with Gasteiger partial charge in [-0.05, 0) is 32.0 Å². The Labute approximate surface area is 117 Å². The molecule has 7 heteroatoms. The van der Waals surface area contributed by atoms with E-state index in [1.165, 1.54) is 23.1 Å². The average molecular weight is 299 g/mol. The monoisotopic (exact) mass is 299 g/mol. The molecule has 0 aromatic heterocycles. The van der Waals surface area contributed by atoms with Crippen LogP contribution in [0.4, 0.5) is 0 Å². The molecule has 0 bridgehead atoms. The first-order valence-electron chi connectivity index (χ1n) is 6.15. The van der Waals surface area contributed by atoms with E-state index in [4.69, 9.17) is 5.11 Å². The van der Waals surface area contributed by atoms with Crippen LogP contribution in [0.5, 0.6) is 0 Å². The van der Waals surface area contributed by atoms with E-state index in [0.29, 0.717) is 13.1 Å². The van der Waals surface area contributed by atoms with Crippen molar-refractivity contribution in [2.45, 2.75) is 18.7 Å². The van der Waals surface area contributed by atoms with Crippen LogP contribution in [0.15, 0.2) is 29.2 Å². The third-order valence-corrected chi connectivity index (χ3v) is 4.47. The van der Waals surface area contributed by atoms with Gasteiger partial charge in [-0.2, -0.15) is 0 Å². The summed E-state index contributed by atoms with van der Waals surface area (Å²) >= 11 is 0. The third kappa shape index (κ3) is 3.80. The van der Waals surface area contributed by atoms with Crippen LogP contribution in [-0.4, -0.2) is 49.1 Å². The molecule has 0 radical (unpaired) electrons. The largest absolute Gasteiger partial charge is 0.478 e. The summed E-state index contributed by atoms with van der Waals surface area (Å²) in [5, 5.41) is 8.85. The minimum Gasteiger partial charge on any atom is -0.478 e. The molecule has 0 unspecified atom stereocenters. The Morgan fingerprint density at radius 2 is 1.80 bits per heavy atom. The molecule has 0 saturated carbocycles. The van der Waals surface area contributed by atoms with Crippen molar-refractivity contribution in [3.8, 4) is 0 Å².